The van der Waals surface area contributed by atoms with Crippen LogP contribution in [-0.4, -0.2) is 45.5 Å². The van der Waals surface area contributed by atoms with Gasteiger partial charge in [-0.3, -0.25) is 4.68 Å². The van der Waals surface area contributed by atoms with E-state index in [1.807, 2.05) is 10.9 Å². The molecule has 0 spiro atoms. The average molecular weight is 344 g/mol. The van der Waals surface area contributed by atoms with Gasteiger partial charge in [-0.1, -0.05) is 20.8 Å². The minimum absolute atomic E-state index is 0.354. The summed E-state index contributed by atoms with van der Waals surface area (Å²) in [5.41, 5.74) is 1.16. The molecule has 0 amide bonds. The number of hydrogen-bond donors (Lipinski definition) is 1. The standard InChI is InChI=1S/C15H26BrN3O/c1-11(2)15-14(16)8-17-19(15)10-13(20)9-18-6-4-12(3)5-7-18/h8,11-13,20H,4-7,9-10H2,1-3H3. The SMILES string of the molecule is CC1CCN(CC(O)Cn2ncc(Br)c2C(C)C)CC1. The molecule has 5 heteroatoms. The summed E-state index contributed by atoms with van der Waals surface area (Å²) in [7, 11) is 0. The van der Waals surface area contributed by atoms with Gasteiger partial charge in [0.25, 0.3) is 0 Å². The average Bonchev–Trinajstić information content (AvgIpc) is 2.73. The van der Waals surface area contributed by atoms with Gasteiger partial charge < -0.3 is 10.0 Å². The van der Waals surface area contributed by atoms with Crippen LogP contribution in [0.15, 0.2) is 10.7 Å². The first-order chi connectivity index (χ1) is 9.47. The molecule has 0 aromatic carbocycles. The molecule has 1 aromatic heterocycles. The third-order valence-corrected chi connectivity index (χ3v) is 4.72. The molecule has 20 heavy (non-hydrogen) atoms. The van der Waals surface area contributed by atoms with Crippen molar-refractivity contribution in [2.24, 2.45) is 5.92 Å². The Morgan fingerprint density at radius 1 is 1.35 bits per heavy atom. The van der Waals surface area contributed by atoms with Crippen LogP contribution in [0.4, 0.5) is 0 Å². The van der Waals surface area contributed by atoms with Crippen LogP contribution in [0.25, 0.3) is 0 Å². The van der Waals surface area contributed by atoms with Gasteiger partial charge in [0.05, 0.1) is 29.0 Å². The van der Waals surface area contributed by atoms with Crippen LogP contribution < -0.4 is 0 Å². The first kappa shape index (κ1) is 16.0. The lowest BCUT2D eigenvalue weighted by molar-refractivity contribution is 0.0769. The van der Waals surface area contributed by atoms with Gasteiger partial charge in [-0.2, -0.15) is 5.10 Å². The third-order valence-electron chi connectivity index (χ3n) is 4.11. The summed E-state index contributed by atoms with van der Waals surface area (Å²) < 4.78 is 2.97. The summed E-state index contributed by atoms with van der Waals surface area (Å²) in [5.74, 6) is 1.23. The van der Waals surface area contributed by atoms with Crippen LogP contribution >= 0.6 is 15.9 Å². The minimum atomic E-state index is -0.354. The highest BCUT2D eigenvalue weighted by atomic mass is 79.9. The number of hydrogen-bond acceptors (Lipinski definition) is 3. The van der Waals surface area contributed by atoms with E-state index in [2.05, 4.69) is 46.7 Å². The molecule has 0 bridgehead atoms. The molecule has 1 aromatic rings. The predicted octanol–water partition coefficient (Wildman–Crippen LogP) is 2.86. The Morgan fingerprint density at radius 3 is 2.60 bits per heavy atom. The van der Waals surface area contributed by atoms with E-state index >= 15 is 0 Å². The number of aliphatic hydroxyl groups excluding tert-OH is 1. The zero-order valence-corrected chi connectivity index (χ0v) is 14.3. The summed E-state index contributed by atoms with van der Waals surface area (Å²) in [6.07, 6.45) is 3.96. The van der Waals surface area contributed by atoms with Gasteiger partial charge in [0.1, 0.15) is 0 Å². The smallest absolute Gasteiger partial charge is 0.0862 e. The van der Waals surface area contributed by atoms with Gasteiger partial charge in [0, 0.05) is 6.54 Å². The maximum atomic E-state index is 10.3. The molecule has 1 N–H and O–H groups in total. The zero-order chi connectivity index (χ0) is 14.7. The molecule has 0 saturated carbocycles. The van der Waals surface area contributed by atoms with E-state index < -0.39 is 0 Å². The predicted molar refractivity (Wildman–Crippen MR) is 84.9 cm³/mol. The van der Waals surface area contributed by atoms with Crippen molar-refractivity contribution in [2.45, 2.75) is 52.2 Å². The van der Waals surface area contributed by atoms with Crippen molar-refractivity contribution in [1.29, 1.82) is 0 Å². The highest BCUT2D eigenvalue weighted by Gasteiger charge is 2.20. The van der Waals surface area contributed by atoms with Crippen LogP contribution in [-0.2, 0) is 6.54 Å². The van der Waals surface area contributed by atoms with Crippen LogP contribution in [0.1, 0.15) is 45.2 Å². The Labute approximate surface area is 130 Å². The van der Waals surface area contributed by atoms with Crippen molar-refractivity contribution >= 4 is 15.9 Å². The number of aliphatic hydroxyl groups is 1. The van der Waals surface area contributed by atoms with Crippen molar-refractivity contribution < 1.29 is 5.11 Å². The van der Waals surface area contributed by atoms with Gasteiger partial charge in [-0.05, 0) is 53.7 Å². The molecule has 0 radical (unpaired) electrons. The van der Waals surface area contributed by atoms with Gasteiger partial charge >= 0.3 is 0 Å². The number of rotatable bonds is 5. The molecular formula is C15H26BrN3O. The van der Waals surface area contributed by atoms with Crippen LogP contribution in [0, 0.1) is 5.92 Å². The summed E-state index contributed by atoms with van der Waals surface area (Å²) in [5, 5.41) is 14.7. The highest BCUT2D eigenvalue weighted by Crippen LogP contribution is 2.24. The van der Waals surface area contributed by atoms with Gasteiger partial charge in [-0.25, -0.2) is 0 Å². The first-order valence-electron chi connectivity index (χ1n) is 7.59. The molecule has 2 rings (SSSR count). The van der Waals surface area contributed by atoms with Gasteiger partial charge in [0.2, 0.25) is 0 Å². The lowest BCUT2D eigenvalue weighted by Crippen LogP contribution is -2.40. The minimum Gasteiger partial charge on any atom is -0.390 e. The van der Waals surface area contributed by atoms with E-state index in [1.165, 1.54) is 12.8 Å². The number of halogens is 1. The second-order valence-corrected chi connectivity index (χ2v) is 7.21. The third kappa shape index (κ3) is 4.06. The molecule has 1 unspecified atom stereocenters. The maximum absolute atomic E-state index is 10.3. The number of piperidine rings is 1. The molecule has 114 valence electrons. The Morgan fingerprint density at radius 2 is 2.00 bits per heavy atom. The van der Waals surface area contributed by atoms with Crippen molar-refractivity contribution in [3.8, 4) is 0 Å². The monoisotopic (exact) mass is 343 g/mol. The van der Waals surface area contributed by atoms with Crippen molar-refractivity contribution in [3.05, 3.63) is 16.4 Å². The Hall–Kier alpha value is -0.390. The summed E-state index contributed by atoms with van der Waals surface area (Å²) in [6, 6.07) is 0. The maximum Gasteiger partial charge on any atom is 0.0862 e. The Balaban J connectivity index is 1.90. The second kappa shape index (κ2) is 7.05. The van der Waals surface area contributed by atoms with Crippen LogP contribution in [0.5, 0.6) is 0 Å². The van der Waals surface area contributed by atoms with Crippen molar-refractivity contribution in [3.63, 3.8) is 0 Å². The topological polar surface area (TPSA) is 41.3 Å². The van der Waals surface area contributed by atoms with E-state index in [1.54, 1.807) is 0 Å². The van der Waals surface area contributed by atoms with E-state index in [9.17, 15) is 5.11 Å². The molecule has 0 aliphatic carbocycles. The van der Waals surface area contributed by atoms with Crippen LogP contribution in [0.2, 0.25) is 0 Å². The number of aromatic nitrogens is 2. The van der Waals surface area contributed by atoms with E-state index in [-0.39, 0.29) is 6.10 Å². The van der Waals surface area contributed by atoms with E-state index in [0.29, 0.717) is 12.5 Å². The van der Waals surface area contributed by atoms with Crippen LogP contribution in [0.3, 0.4) is 0 Å². The molecule has 1 saturated heterocycles. The molecule has 1 aliphatic rings. The normalized spacial score (nSPS) is 19.7. The molecule has 1 fully saturated rings. The molecule has 2 heterocycles. The Bertz CT molecular complexity index is 425. The van der Waals surface area contributed by atoms with E-state index in [0.717, 1.165) is 35.7 Å². The molecule has 1 aliphatic heterocycles. The summed E-state index contributed by atoms with van der Waals surface area (Å²) in [4.78, 5) is 2.37. The lowest BCUT2D eigenvalue weighted by Gasteiger charge is -2.31. The number of β-amino-alcohol motifs (C(OH)–C–C–N with tert-alkyl or cyclic N) is 1. The van der Waals surface area contributed by atoms with Crippen molar-refractivity contribution in [1.82, 2.24) is 14.7 Å². The van der Waals surface area contributed by atoms with Crippen molar-refractivity contribution in [2.75, 3.05) is 19.6 Å². The largest absolute Gasteiger partial charge is 0.390 e. The molecular weight excluding hydrogens is 318 g/mol. The Kier molecular flexibility index (Phi) is 5.64. The zero-order valence-electron chi connectivity index (χ0n) is 12.7. The van der Waals surface area contributed by atoms with Gasteiger partial charge in [0.15, 0.2) is 0 Å². The highest BCUT2D eigenvalue weighted by molar-refractivity contribution is 9.10. The molecule has 4 nitrogen and oxygen atoms in total. The second-order valence-electron chi connectivity index (χ2n) is 6.35. The quantitative estimate of drug-likeness (QED) is 0.893. The van der Waals surface area contributed by atoms with E-state index in [4.69, 9.17) is 0 Å². The molecule has 1 atom stereocenters. The van der Waals surface area contributed by atoms with Gasteiger partial charge in [-0.15, -0.1) is 0 Å². The fourth-order valence-electron chi connectivity index (χ4n) is 2.89. The number of nitrogens with zero attached hydrogens (tertiary/aromatic N) is 3. The number of likely N-dealkylation sites (tertiary alicyclic amines) is 1. The fourth-order valence-corrected chi connectivity index (χ4v) is 3.65. The fraction of sp³-hybridized carbons (Fsp3) is 0.800. The summed E-state index contributed by atoms with van der Waals surface area (Å²) >= 11 is 3.54. The summed E-state index contributed by atoms with van der Waals surface area (Å²) in [6.45, 7) is 10.2. The first-order valence-corrected chi connectivity index (χ1v) is 8.38. The lowest BCUT2D eigenvalue weighted by atomic mass is 9.99.